The second-order valence-corrected chi connectivity index (χ2v) is 14.2. The molecule has 18 heavy (non-hydrogen) atoms. The molecule has 1 aliphatic heterocycles. The molecule has 0 saturated carbocycles. The zero-order valence-corrected chi connectivity index (χ0v) is 13.9. The van der Waals surface area contributed by atoms with Gasteiger partial charge in [0.15, 0.2) is 0 Å². The van der Waals surface area contributed by atoms with Crippen molar-refractivity contribution in [3.8, 4) is 0 Å². The van der Waals surface area contributed by atoms with Crippen LogP contribution in [0.2, 0.25) is 21.7 Å². The van der Waals surface area contributed by atoms with Gasteiger partial charge in [0.25, 0.3) is 0 Å². The topological polar surface area (TPSA) is 0 Å². The number of hydrogen-bond donors (Lipinski definition) is 0. The fraction of sp³-hybridized carbons (Fsp3) is 0.647. The lowest BCUT2D eigenvalue weighted by Crippen LogP contribution is -2.39. The van der Waals surface area contributed by atoms with Crippen molar-refractivity contribution in [1.82, 2.24) is 0 Å². The molecule has 2 rings (SSSR count). The van der Waals surface area contributed by atoms with E-state index in [9.17, 15) is 0 Å². The summed E-state index contributed by atoms with van der Waals surface area (Å²) in [4.78, 5) is 0. The summed E-state index contributed by atoms with van der Waals surface area (Å²) < 4.78 is 0. The van der Waals surface area contributed by atoms with Crippen LogP contribution in [0, 0.1) is 0 Å². The Morgan fingerprint density at radius 3 is 1.83 bits per heavy atom. The molecule has 1 unspecified atom stereocenters. The summed E-state index contributed by atoms with van der Waals surface area (Å²) in [6.45, 7) is 14.9. The molecule has 0 bridgehead atoms. The van der Waals surface area contributed by atoms with E-state index in [4.69, 9.17) is 0 Å². The van der Waals surface area contributed by atoms with Gasteiger partial charge in [0.2, 0.25) is 0 Å². The summed E-state index contributed by atoms with van der Waals surface area (Å²) in [6, 6.07) is 12.6. The third-order valence-electron chi connectivity index (χ3n) is 5.11. The van der Waals surface area contributed by atoms with Crippen molar-refractivity contribution >= 4 is 8.07 Å². The molecule has 1 fully saturated rings. The Hall–Kier alpha value is -0.563. The second-order valence-electron chi connectivity index (χ2n) is 8.06. The van der Waals surface area contributed by atoms with Gasteiger partial charge < -0.3 is 0 Å². The molecule has 1 saturated heterocycles. The molecular weight excluding hydrogens is 232 g/mol. The SMILES string of the molecule is CC(C)(C)[Si]1(C(C)(C)C)CC1Cc1ccccc1. The zero-order chi connectivity index (χ0) is 13.6. The van der Waals surface area contributed by atoms with Crippen LogP contribution >= 0.6 is 0 Å². The quantitative estimate of drug-likeness (QED) is 0.602. The van der Waals surface area contributed by atoms with Crippen LogP contribution in [0.4, 0.5) is 0 Å². The lowest BCUT2D eigenvalue weighted by atomic mass is 10.1. The Kier molecular flexibility index (Phi) is 3.26. The van der Waals surface area contributed by atoms with Crippen molar-refractivity contribution in [2.24, 2.45) is 0 Å². The van der Waals surface area contributed by atoms with Crippen LogP contribution < -0.4 is 0 Å². The monoisotopic (exact) mass is 260 g/mol. The molecule has 1 aromatic rings. The molecule has 1 aromatic carbocycles. The van der Waals surface area contributed by atoms with Crippen LogP contribution in [-0.2, 0) is 6.42 Å². The standard InChI is InChI=1S/C17H28Si/c1-16(2,3)18(17(4,5)6)13-15(18)12-14-10-8-7-9-11-14/h7-11,15H,12-13H2,1-6H3. The van der Waals surface area contributed by atoms with E-state index in [1.807, 2.05) is 0 Å². The molecule has 1 aliphatic rings. The normalized spacial score (nSPS) is 22.9. The van der Waals surface area contributed by atoms with Crippen LogP contribution in [0.25, 0.3) is 0 Å². The molecule has 0 aliphatic carbocycles. The first-order valence-corrected chi connectivity index (χ1v) is 9.51. The molecule has 0 radical (unpaired) electrons. The second kappa shape index (κ2) is 4.23. The highest BCUT2D eigenvalue weighted by atomic mass is 28.3. The van der Waals surface area contributed by atoms with Crippen molar-refractivity contribution < 1.29 is 0 Å². The third kappa shape index (κ3) is 2.18. The van der Waals surface area contributed by atoms with E-state index in [0.29, 0.717) is 10.1 Å². The minimum atomic E-state index is -1.17. The van der Waals surface area contributed by atoms with Gasteiger partial charge in [-0.1, -0.05) is 77.9 Å². The van der Waals surface area contributed by atoms with Crippen LogP contribution in [0.5, 0.6) is 0 Å². The largest absolute Gasteiger partial charge is 0.0675 e. The Morgan fingerprint density at radius 2 is 1.44 bits per heavy atom. The lowest BCUT2D eigenvalue weighted by Gasteiger charge is -2.41. The molecule has 100 valence electrons. The Balaban J connectivity index is 2.19. The zero-order valence-electron chi connectivity index (χ0n) is 12.9. The summed E-state index contributed by atoms with van der Waals surface area (Å²) in [7, 11) is -1.17. The van der Waals surface area contributed by atoms with Crippen molar-refractivity contribution in [1.29, 1.82) is 0 Å². The van der Waals surface area contributed by atoms with Crippen LogP contribution in [0.3, 0.4) is 0 Å². The lowest BCUT2D eigenvalue weighted by molar-refractivity contribution is 0.632. The van der Waals surface area contributed by atoms with Gasteiger partial charge in [0.1, 0.15) is 0 Å². The van der Waals surface area contributed by atoms with Gasteiger partial charge in [0, 0.05) is 0 Å². The summed E-state index contributed by atoms with van der Waals surface area (Å²) in [6.07, 6.45) is 1.31. The van der Waals surface area contributed by atoms with Crippen LogP contribution in [0.15, 0.2) is 30.3 Å². The van der Waals surface area contributed by atoms with E-state index in [-0.39, 0.29) is 0 Å². The molecular formula is C17H28Si. The molecule has 1 atom stereocenters. The van der Waals surface area contributed by atoms with E-state index in [1.54, 1.807) is 0 Å². The summed E-state index contributed by atoms with van der Waals surface area (Å²) in [5, 5.41) is 1.06. The highest BCUT2D eigenvalue weighted by molar-refractivity contribution is 6.95. The third-order valence-corrected chi connectivity index (χ3v) is 12.9. The maximum absolute atomic E-state index is 2.48. The maximum Gasteiger partial charge on any atom is 0.0675 e. The first-order chi connectivity index (χ1) is 8.18. The fourth-order valence-electron chi connectivity index (χ4n) is 4.44. The van der Waals surface area contributed by atoms with Crippen molar-refractivity contribution in [3.05, 3.63) is 35.9 Å². The van der Waals surface area contributed by atoms with Gasteiger partial charge >= 0.3 is 0 Å². The molecule has 0 amide bonds. The summed E-state index contributed by atoms with van der Waals surface area (Å²) >= 11 is 0. The summed E-state index contributed by atoms with van der Waals surface area (Å²) in [5.41, 5.74) is 2.52. The highest BCUT2D eigenvalue weighted by Gasteiger charge is 2.67. The molecule has 1 heterocycles. The van der Waals surface area contributed by atoms with E-state index in [0.717, 1.165) is 5.54 Å². The smallest absolute Gasteiger partial charge is 0.0625 e. The number of benzene rings is 1. The Morgan fingerprint density at radius 1 is 0.944 bits per heavy atom. The van der Waals surface area contributed by atoms with Gasteiger partial charge in [-0.05, 0) is 27.6 Å². The first-order valence-electron chi connectivity index (χ1n) is 7.22. The predicted molar refractivity (Wildman–Crippen MR) is 83.9 cm³/mol. The van der Waals surface area contributed by atoms with Gasteiger partial charge in [0.05, 0.1) is 8.07 Å². The van der Waals surface area contributed by atoms with E-state index in [2.05, 4.69) is 71.9 Å². The first kappa shape index (κ1) is 13.9. The average Bonchev–Trinajstić information content (AvgIpc) is 2.93. The number of rotatable bonds is 2. The molecule has 1 heteroatoms. The maximum atomic E-state index is 2.48. The van der Waals surface area contributed by atoms with E-state index >= 15 is 0 Å². The minimum Gasteiger partial charge on any atom is -0.0625 e. The fourth-order valence-corrected chi connectivity index (χ4v) is 12.4. The Bertz CT molecular complexity index is 391. The van der Waals surface area contributed by atoms with E-state index < -0.39 is 8.07 Å². The predicted octanol–water partition coefficient (Wildman–Crippen LogP) is 5.66. The van der Waals surface area contributed by atoms with Gasteiger partial charge in [-0.25, -0.2) is 0 Å². The van der Waals surface area contributed by atoms with Gasteiger partial charge in [-0.3, -0.25) is 0 Å². The molecule has 0 aromatic heterocycles. The van der Waals surface area contributed by atoms with Crippen molar-refractivity contribution in [2.75, 3.05) is 0 Å². The molecule has 0 nitrogen and oxygen atoms in total. The summed E-state index contributed by atoms with van der Waals surface area (Å²) in [5.74, 6) is 0. The number of hydrogen-bond acceptors (Lipinski definition) is 0. The molecule has 0 spiro atoms. The van der Waals surface area contributed by atoms with Crippen molar-refractivity contribution in [3.63, 3.8) is 0 Å². The van der Waals surface area contributed by atoms with Crippen molar-refractivity contribution in [2.45, 2.75) is 69.6 Å². The Labute approximate surface area is 114 Å². The van der Waals surface area contributed by atoms with Crippen LogP contribution in [0.1, 0.15) is 47.1 Å². The van der Waals surface area contributed by atoms with Gasteiger partial charge in [-0.15, -0.1) is 0 Å². The molecule has 0 N–H and O–H groups in total. The highest BCUT2D eigenvalue weighted by Crippen LogP contribution is 2.72. The average molecular weight is 260 g/mol. The minimum absolute atomic E-state index is 0.532. The van der Waals surface area contributed by atoms with Crippen LogP contribution in [-0.4, -0.2) is 8.07 Å². The van der Waals surface area contributed by atoms with Gasteiger partial charge in [-0.2, -0.15) is 0 Å². The van der Waals surface area contributed by atoms with E-state index in [1.165, 1.54) is 18.0 Å².